The van der Waals surface area contributed by atoms with Crippen LogP contribution in [0, 0.1) is 0 Å². The molecule has 2 aromatic rings. The number of aromatic nitrogens is 2. The van der Waals surface area contributed by atoms with E-state index in [4.69, 9.17) is 5.11 Å². The SMILES string of the molecule is CCC(CC)n1nc(C(F)(F)F)c2cc(C(=O)O)sc21. The highest BCUT2D eigenvalue weighted by Gasteiger charge is 2.38. The van der Waals surface area contributed by atoms with Crippen molar-refractivity contribution >= 4 is 27.5 Å². The van der Waals surface area contributed by atoms with E-state index in [1.165, 1.54) is 4.68 Å². The molecule has 110 valence electrons. The molecule has 8 heteroatoms. The van der Waals surface area contributed by atoms with Crippen molar-refractivity contribution < 1.29 is 23.1 Å². The predicted octanol–water partition coefficient (Wildman–Crippen LogP) is 4.18. The van der Waals surface area contributed by atoms with Crippen LogP contribution in [0.4, 0.5) is 13.2 Å². The Morgan fingerprint density at radius 1 is 1.45 bits per heavy atom. The zero-order chi connectivity index (χ0) is 15.1. The van der Waals surface area contributed by atoms with Crippen LogP contribution in [-0.4, -0.2) is 20.9 Å². The highest BCUT2D eigenvalue weighted by molar-refractivity contribution is 7.20. The van der Waals surface area contributed by atoms with Gasteiger partial charge in [0.2, 0.25) is 0 Å². The summed E-state index contributed by atoms with van der Waals surface area (Å²) in [5.41, 5.74) is -1.01. The highest BCUT2D eigenvalue weighted by Crippen LogP contribution is 2.39. The smallest absolute Gasteiger partial charge is 0.435 e. The molecule has 0 aliphatic heterocycles. The van der Waals surface area contributed by atoms with Gasteiger partial charge in [0, 0.05) is 5.39 Å². The van der Waals surface area contributed by atoms with E-state index < -0.39 is 17.8 Å². The number of nitrogens with zero attached hydrogens (tertiary/aromatic N) is 2. The van der Waals surface area contributed by atoms with E-state index in [-0.39, 0.29) is 21.1 Å². The van der Waals surface area contributed by atoms with Crippen LogP contribution in [0.15, 0.2) is 6.07 Å². The number of halogens is 3. The summed E-state index contributed by atoms with van der Waals surface area (Å²) >= 11 is 0.829. The number of thiophene rings is 1. The number of hydrogen-bond acceptors (Lipinski definition) is 3. The van der Waals surface area contributed by atoms with Crippen molar-refractivity contribution in [2.24, 2.45) is 0 Å². The quantitative estimate of drug-likeness (QED) is 0.922. The maximum atomic E-state index is 13.0. The molecule has 0 saturated heterocycles. The number of aromatic carboxylic acids is 1. The molecule has 4 nitrogen and oxygen atoms in total. The Hall–Kier alpha value is -1.57. The molecule has 0 aromatic carbocycles. The van der Waals surface area contributed by atoms with Crippen LogP contribution < -0.4 is 0 Å². The van der Waals surface area contributed by atoms with Crippen LogP contribution in [0.5, 0.6) is 0 Å². The molecular formula is C12H13F3N2O2S. The van der Waals surface area contributed by atoms with Crippen molar-refractivity contribution in [1.29, 1.82) is 0 Å². The van der Waals surface area contributed by atoms with E-state index in [0.717, 1.165) is 17.4 Å². The lowest BCUT2D eigenvalue weighted by Crippen LogP contribution is -2.12. The Morgan fingerprint density at radius 2 is 2.05 bits per heavy atom. The molecule has 0 spiro atoms. The van der Waals surface area contributed by atoms with Gasteiger partial charge in [-0.05, 0) is 18.9 Å². The van der Waals surface area contributed by atoms with Gasteiger partial charge in [0.25, 0.3) is 0 Å². The summed E-state index contributed by atoms with van der Waals surface area (Å²) in [5, 5.41) is 12.5. The number of rotatable bonds is 4. The number of carboxylic acids is 1. The lowest BCUT2D eigenvalue weighted by Gasteiger charge is -2.13. The van der Waals surface area contributed by atoms with Gasteiger partial charge in [0.15, 0.2) is 5.69 Å². The summed E-state index contributed by atoms with van der Waals surface area (Å²) < 4.78 is 40.3. The van der Waals surface area contributed by atoms with Crippen LogP contribution in [0.1, 0.15) is 48.1 Å². The third-order valence-corrected chi connectivity index (χ3v) is 4.26. The van der Waals surface area contributed by atoms with Crippen LogP contribution >= 0.6 is 11.3 Å². The number of hydrogen-bond donors (Lipinski definition) is 1. The molecule has 0 amide bonds. The van der Waals surface area contributed by atoms with Crippen LogP contribution in [0.3, 0.4) is 0 Å². The van der Waals surface area contributed by atoms with Gasteiger partial charge in [-0.15, -0.1) is 11.3 Å². The summed E-state index contributed by atoms with van der Waals surface area (Å²) in [7, 11) is 0. The zero-order valence-corrected chi connectivity index (χ0v) is 11.7. The van der Waals surface area contributed by atoms with Crippen LogP contribution in [0.25, 0.3) is 10.2 Å². The second-order valence-corrected chi connectivity index (χ2v) is 5.43. The molecule has 2 heterocycles. The molecule has 0 aliphatic carbocycles. The van der Waals surface area contributed by atoms with Crippen molar-refractivity contribution in [1.82, 2.24) is 9.78 Å². The number of carboxylic acid groups (broad SMARTS) is 1. The summed E-state index contributed by atoms with van der Waals surface area (Å²) in [4.78, 5) is 11.1. The second kappa shape index (κ2) is 5.08. The molecule has 0 aliphatic rings. The van der Waals surface area contributed by atoms with Gasteiger partial charge >= 0.3 is 12.1 Å². The van der Waals surface area contributed by atoms with Gasteiger partial charge in [-0.3, -0.25) is 4.68 Å². The van der Waals surface area contributed by atoms with Crippen molar-refractivity contribution in [3.8, 4) is 0 Å². The van der Waals surface area contributed by atoms with Gasteiger partial charge in [-0.2, -0.15) is 18.3 Å². The molecule has 0 saturated carbocycles. The van der Waals surface area contributed by atoms with Gasteiger partial charge < -0.3 is 5.11 Å². The maximum Gasteiger partial charge on any atom is 0.435 e. The van der Waals surface area contributed by atoms with Gasteiger partial charge in [0.05, 0.1) is 6.04 Å². The molecule has 0 fully saturated rings. The van der Waals surface area contributed by atoms with E-state index >= 15 is 0 Å². The average molecular weight is 306 g/mol. The minimum Gasteiger partial charge on any atom is -0.477 e. The molecule has 1 N–H and O–H groups in total. The van der Waals surface area contributed by atoms with E-state index in [9.17, 15) is 18.0 Å². The van der Waals surface area contributed by atoms with Crippen molar-refractivity contribution in [3.05, 3.63) is 16.6 Å². The first-order valence-electron chi connectivity index (χ1n) is 6.12. The Balaban J connectivity index is 2.72. The number of carbonyl (C=O) groups is 1. The van der Waals surface area contributed by atoms with E-state index in [1.54, 1.807) is 0 Å². The summed E-state index contributed by atoms with van der Waals surface area (Å²) in [5.74, 6) is -1.23. The first-order valence-corrected chi connectivity index (χ1v) is 6.93. The average Bonchev–Trinajstić information content (AvgIpc) is 2.89. The fraction of sp³-hybridized carbons (Fsp3) is 0.500. The zero-order valence-electron chi connectivity index (χ0n) is 10.9. The topological polar surface area (TPSA) is 55.1 Å². The van der Waals surface area contributed by atoms with Crippen molar-refractivity contribution in [3.63, 3.8) is 0 Å². The summed E-state index contributed by atoms with van der Waals surface area (Å²) in [6, 6.07) is 0.880. The third-order valence-electron chi connectivity index (χ3n) is 3.15. The molecule has 2 aromatic heterocycles. The van der Waals surface area contributed by atoms with E-state index in [2.05, 4.69) is 5.10 Å². The normalized spacial score (nSPS) is 12.5. The Kier molecular flexibility index (Phi) is 3.77. The molecule has 20 heavy (non-hydrogen) atoms. The Bertz CT molecular complexity index is 641. The summed E-state index contributed by atoms with van der Waals surface area (Å²) in [6.07, 6.45) is -3.33. The first kappa shape index (κ1) is 14.8. The Labute approximate surface area is 116 Å². The van der Waals surface area contributed by atoms with Crippen molar-refractivity contribution in [2.75, 3.05) is 0 Å². The molecule has 0 radical (unpaired) electrons. The van der Waals surface area contributed by atoms with E-state index in [1.807, 2.05) is 13.8 Å². The largest absolute Gasteiger partial charge is 0.477 e. The monoisotopic (exact) mass is 306 g/mol. The van der Waals surface area contributed by atoms with Gasteiger partial charge in [0.1, 0.15) is 9.71 Å². The fourth-order valence-electron chi connectivity index (χ4n) is 2.13. The molecule has 0 unspecified atom stereocenters. The minimum atomic E-state index is -4.59. The predicted molar refractivity (Wildman–Crippen MR) is 69.2 cm³/mol. The van der Waals surface area contributed by atoms with Crippen LogP contribution in [0.2, 0.25) is 0 Å². The maximum absolute atomic E-state index is 13.0. The van der Waals surface area contributed by atoms with Gasteiger partial charge in [-0.1, -0.05) is 13.8 Å². The standard InChI is InChI=1S/C12H13F3N2O2S/c1-3-6(4-2)17-10-7(5-8(20-10)11(18)19)9(16-17)12(13,14)15/h5-6H,3-4H2,1-2H3,(H,18,19). The first-order chi connectivity index (χ1) is 9.29. The van der Waals surface area contributed by atoms with E-state index in [0.29, 0.717) is 12.8 Å². The van der Waals surface area contributed by atoms with Crippen molar-refractivity contribution in [2.45, 2.75) is 38.9 Å². The number of fused-ring (bicyclic) bond motifs is 1. The fourth-order valence-corrected chi connectivity index (χ4v) is 3.15. The minimum absolute atomic E-state index is 0.109. The second-order valence-electron chi connectivity index (χ2n) is 4.40. The Morgan fingerprint density at radius 3 is 2.50 bits per heavy atom. The lowest BCUT2D eigenvalue weighted by atomic mass is 10.2. The molecule has 0 atom stereocenters. The summed E-state index contributed by atoms with van der Waals surface area (Å²) in [6.45, 7) is 3.72. The number of alkyl halides is 3. The highest BCUT2D eigenvalue weighted by atomic mass is 32.1. The van der Waals surface area contributed by atoms with Crippen LogP contribution in [-0.2, 0) is 6.18 Å². The lowest BCUT2D eigenvalue weighted by molar-refractivity contribution is -0.140. The third kappa shape index (κ3) is 2.39. The molecule has 2 rings (SSSR count). The molecular weight excluding hydrogens is 293 g/mol. The molecule has 0 bridgehead atoms. The van der Waals surface area contributed by atoms with Gasteiger partial charge in [-0.25, -0.2) is 4.79 Å².